The first kappa shape index (κ1) is 25.4. The first-order chi connectivity index (χ1) is 16.7. The molecule has 0 bridgehead atoms. The van der Waals surface area contributed by atoms with E-state index in [-0.39, 0.29) is 41.4 Å². The van der Waals surface area contributed by atoms with Gasteiger partial charge in [-0.3, -0.25) is 29.1 Å². The molecule has 9 nitrogen and oxygen atoms in total. The number of rotatable bonds is 9. The zero-order valence-corrected chi connectivity index (χ0v) is 19.3. The van der Waals surface area contributed by atoms with Crippen molar-refractivity contribution in [3.63, 3.8) is 0 Å². The second-order valence-corrected chi connectivity index (χ2v) is 7.77. The van der Waals surface area contributed by atoms with Gasteiger partial charge in [0, 0.05) is 23.7 Å². The molecule has 0 radical (unpaired) electrons. The number of aldehydes is 1. The van der Waals surface area contributed by atoms with Gasteiger partial charge in [-0.2, -0.15) is 0 Å². The van der Waals surface area contributed by atoms with E-state index in [4.69, 9.17) is 9.47 Å². The van der Waals surface area contributed by atoms with E-state index < -0.39 is 40.8 Å². The third-order valence-corrected chi connectivity index (χ3v) is 5.45. The number of halogens is 1. The summed E-state index contributed by atoms with van der Waals surface area (Å²) < 4.78 is 22.8. The lowest BCUT2D eigenvalue weighted by Gasteiger charge is -2.22. The Balaban J connectivity index is 2.18. The Bertz CT molecular complexity index is 1280. The number of carbonyl (C=O) groups excluding carboxylic acids is 4. The molecule has 10 heteroatoms. The third kappa shape index (κ3) is 5.17. The van der Waals surface area contributed by atoms with Crippen molar-refractivity contribution in [2.24, 2.45) is 0 Å². The molecule has 1 heterocycles. The summed E-state index contributed by atoms with van der Waals surface area (Å²) in [6.07, 6.45) is 1.62. The number of hydrogen-bond donors (Lipinski definition) is 1. The fraction of sp³-hybridized carbons (Fsp3) is 0.240. The van der Waals surface area contributed by atoms with Gasteiger partial charge in [-0.1, -0.05) is 18.2 Å². The number of fused-ring (bicyclic) bond motifs is 1. The monoisotopic (exact) mass is 482 g/mol. The van der Waals surface area contributed by atoms with Crippen LogP contribution in [-0.2, 0) is 25.6 Å². The summed E-state index contributed by atoms with van der Waals surface area (Å²) in [4.78, 5) is 56.5. The average molecular weight is 482 g/mol. The molecule has 0 unspecified atom stereocenters. The molecule has 1 N–H and O–H groups in total. The van der Waals surface area contributed by atoms with Gasteiger partial charge in [0.05, 0.1) is 26.3 Å². The van der Waals surface area contributed by atoms with Crippen LogP contribution in [-0.4, -0.2) is 66.8 Å². The number of aromatic hydroxyl groups is 1. The minimum absolute atomic E-state index is 0.0707. The average Bonchev–Trinajstić information content (AvgIpc) is 2.86. The van der Waals surface area contributed by atoms with E-state index in [2.05, 4.69) is 4.98 Å². The minimum Gasteiger partial charge on any atom is -0.505 e. The van der Waals surface area contributed by atoms with Crippen LogP contribution in [0.3, 0.4) is 0 Å². The molecule has 182 valence electrons. The number of phenolic OH excluding ortho intramolecular Hbond substituents is 1. The summed E-state index contributed by atoms with van der Waals surface area (Å²) in [5, 5.41) is 10.9. The van der Waals surface area contributed by atoms with Gasteiger partial charge < -0.3 is 14.6 Å². The molecule has 0 aliphatic rings. The SMILES string of the molecule is COC(=O)C(C(=O)OC)c1c(C(=O)CN(C)Cc2ccc(F)cc2)c(C=O)c(O)c2ncccc12. The van der Waals surface area contributed by atoms with Crippen molar-refractivity contribution in [2.45, 2.75) is 12.5 Å². The maximum atomic E-state index is 13.5. The topological polar surface area (TPSA) is 123 Å². The molecular weight excluding hydrogens is 459 g/mol. The minimum atomic E-state index is -1.71. The highest BCUT2D eigenvalue weighted by Gasteiger charge is 2.38. The van der Waals surface area contributed by atoms with Crippen molar-refractivity contribution >= 4 is 34.9 Å². The fourth-order valence-electron chi connectivity index (χ4n) is 3.90. The standard InChI is InChI=1S/C25H23FN2O7/c1-28(11-14-6-8-15(26)9-7-14)12-18(30)19-17(13-29)23(31)22-16(5-4-10-27-22)20(19)21(24(32)34-2)25(33)35-3/h4-10,13,21,31H,11-12H2,1-3H3. The molecule has 0 aliphatic carbocycles. The maximum absolute atomic E-state index is 13.5. The summed E-state index contributed by atoms with van der Waals surface area (Å²) in [6, 6.07) is 8.67. The Morgan fingerprint density at radius 3 is 2.31 bits per heavy atom. The first-order valence-corrected chi connectivity index (χ1v) is 10.4. The Labute approximate surface area is 200 Å². The molecule has 0 atom stereocenters. The number of phenols is 1. The van der Waals surface area contributed by atoms with Crippen molar-refractivity contribution in [1.82, 2.24) is 9.88 Å². The van der Waals surface area contributed by atoms with Crippen LogP contribution >= 0.6 is 0 Å². The van der Waals surface area contributed by atoms with Crippen molar-refractivity contribution in [3.8, 4) is 5.75 Å². The van der Waals surface area contributed by atoms with E-state index in [0.29, 0.717) is 0 Å². The van der Waals surface area contributed by atoms with Gasteiger partial charge in [0.25, 0.3) is 0 Å². The normalized spacial score (nSPS) is 11.0. The van der Waals surface area contributed by atoms with Crippen LogP contribution in [0, 0.1) is 5.82 Å². The summed E-state index contributed by atoms with van der Waals surface area (Å²) in [5.41, 5.74) is -0.218. The van der Waals surface area contributed by atoms with Crippen LogP contribution in [0.1, 0.15) is 37.8 Å². The first-order valence-electron chi connectivity index (χ1n) is 10.4. The Kier molecular flexibility index (Phi) is 7.87. The van der Waals surface area contributed by atoms with Crippen LogP contribution in [0.15, 0.2) is 42.6 Å². The second-order valence-electron chi connectivity index (χ2n) is 7.77. The van der Waals surface area contributed by atoms with Crippen molar-refractivity contribution in [1.29, 1.82) is 0 Å². The van der Waals surface area contributed by atoms with Gasteiger partial charge in [-0.25, -0.2) is 4.39 Å². The van der Waals surface area contributed by atoms with Gasteiger partial charge in [-0.05, 0) is 36.4 Å². The highest BCUT2D eigenvalue weighted by atomic mass is 19.1. The lowest BCUT2D eigenvalue weighted by molar-refractivity contribution is -0.154. The molecular formula is C25H23FN2O7. The Morgan fingerprint density at radius 1 is 1.11 bits per heavy atom. The van der Waals surface area contributed by atoms with Crippen molar-refractivity contribution in [3.05, 3.63) is 70.7 Å². The Hall–Kier alpha value is -4.18. The highest BCUT2D eigenvalue weighted by molar-refractivity contribution is 6.16. The van der Waals surface area contributed by atoms with Crippen molar-refractivity contribution < 1.29 is 38.1 Å². The molecule has 1 aromatic heterocycles. The molecule has 0 aliphatic heterocycles. The molecule has 3 aromatic rings. The van der Waals surface area contributed by atoms with Gasteiger partial charge in [0.15, 0.2) is 23.7 Å². The number of ether oxygens (including phenoxy) is 2. The largest absolute Gasteiger partial charge is 0.505 e. The number of methoxy groups -OCH3 is 2. The quantitative estimate of drug-likeness (QED) is 0.212. The van der Waals surface area contributed by atoms with E-state index in [1.54, 1.807) is 24.1 Å². The number of hydrogen-bond acceptors (Lipinski definition) is 9. The lowest BCUT2D eigenvalue weighted by atomic mass is 9.85. The van der Waals surface area contributed by atoms with Gasteiger partial charge in [-0.15, -0.1) is 0 Å². The number of carbonyl (C=O) groups is 4. The number of pyridine rings is 1. The Morgan fingerprint density at radius 2 is 1.74 bits per heavy atom. The zero-order valence-electron chi connectivity index (χ0n) is 19.3. The van der Waals surface area contributed by atoms with Crippen LogP contribution in [0.4, 0.5) is 4.39 Å². The summed E-state index contributed by atoms with van der Waals surface area (Å²) in [6.45, 7) is 0.00180. The van der Waals surface area contributed by atoms with Crippen LogP contribution < -0.4 is 0 Å². The van der Waals surface area contributed by atoms with Crippen molar-refractivity contribution in [2.75, 3.05) is 27.8 Å². The van der Waals surface area contributed by atoms with E-state index in [9.17, 15) is 28.7 Å². The highest BCUT2D eigenvalue weighted by Crippen LogP contribution is 2.38. The fourth-order valence-corrected chi connectivity index (χ4v) is 3.90. The number of ketones is 1. The molecule has 0 saturated carbocycles. The summed E-state index contributed by atoms with van der Waals surface area (Å²) in [7, 11) is 3.76. The molecule has 0 saturated heterocycles. The number of likely N-dealkylation sites (N-methyl/N-ethyl adjacent to an activating group) is 1. The second kappa shape index (κ2) is 10.8. The van der Waals surface area contributed by atoms with E-state index in [0.717, 1.165) is 19.8 Å². The third-order valence-electron chi connectivity index (χ3n) is 5.45. The summed E-state index contributed by atoms with van der Waals surface area (Å²) in [5.74, 6) is -5.35. The molecule has 0 spiro atoms. The number of esters is 2. The molecule has 0 fully saturated rings. The molecule has 35 heavy (non-hydrogen) atoms. The van der Waals surface area contributed by atoms with Gasteiger partial charge in [0.1, 0.15) is 11.3 Å². The van der Waals surface area contributed by atoms with Gasteiger partial charge in [0.2, 0.25) is 0 Å². The number of nitrogens with zero attached hydrogens (tertiary/aromatic N) is 2. The van der Waals surface area contributed by atoms with Gasteiger partial charge >= 0.3 is 11.9 Å². The van der Waals surface area contributed by atoms with E-state index in [1.165, 1.54) is 30.5 Å². The predicted octanol–water partition coefficient (Wildman–Crippen LogP) is 2.64. The van der Waals surface area contributed by atoms with Crippen LogP contribution in [0.2, 0.25) is 0 Å². The van der Waals surface area contributed by atoms with Crippen LogP contribution in [0.25, 0.3) is 10.9 Å². The molecule has 3 rings (SSSR count). The maximum Gasteiger partial charge on any atom is 0.324 e. The smallest absolute Gasteiger partial charge is 0.324 e. The number of benzene rings is 2. The predicted molar refractivity (Wildman–Crippen MR) is 123 cm³/mol. The number of Topliss-reactive ketones (excluding diaryl/α,β-unsaturated/α-hetero) is 1. The van der Waals surface area contributed by atoms with E-state index in [1.807, 2.05) is 0 Å². The summed E-state index contributed by atoms with van der Waals surface area (Å²) >= 11 is 0. The number of aromatic nitrogens is 1. The molecule has 0 amide bonds. The van der Waals surface area contributed by atoms with Crippen LogP contribution in [0.5, 0.6) is 5.75 Å². The lowest BCUT2D eigenvalue weighted by Crippen LogP contribution is -2.31. The molecule has 2 aromatic carbocycles. The van der Waals surface area contributed by atoms with E-state index >= 15 is 0 Å². The zero-order chi connectivity index (χ0) is 25.7.